The van der Waals surface area contributed by atoms with Crippen LogP contribution in [0.5, 0.6) is 0 Å². The summed E-state index contributed by atoms with van der Waals surface area (Å²) in [6.45, 7) is 1.05. The van der Waals surface area contributed by atoms with Crippen molar-refractivity contribution in [1.82, 2.24) is 14.5 Å². The number of amides is 2. The molecule has 0 aliphatic carbocycles. The molecule has 0 radical (unpaired) electrons. The Bertz CT molecular complexity index is 998. The van der Waals surface area contributed by atoms with Crippen LogP contribution in [0.1, 0.15) is 12.5 Å². The predicted molar refractivity (Wildman–Crippen MR) is 117 cm³/mol. The minimum Gasteiger partial charge on any atom is -0.357 e. The number of hydrogen-bond acceptors (Lipinski definition) is 4. The first-order chi connectivity index (χ1) is 14.6. The molecule has 10 heteroatoms. The first kappa shape index (κ1) is 24.3. The maximum atomic E-state index is 13.3. The second-order valence-corrected chi connectivity index (χ2v) is 9.14. The maximum Gasteiger partial charge on any atom is 0.304 e. The van der Waals surface area contributed by atoms with Crippen molar-refractivity contribution in [1.29, 1.82) is 0 Å². The quantitative estimate of drug-likeness (QED) is 0.629. The fourth-order valence-corrected chi connectivity index (χ4v) is 3.95. The van der Waals surface area contributed by atoms with Crippen LogP contribution in [-0.4, -0.2) is 63.2 Å². The first-order valence-electron chi connectivity index (χ1n) is 9.58. The fourth-order valence-electron chi connectivity index (χ4n) is 2.89. The molecule has 0 aromatic heterocycles. The van der Waals surface area contributed by atoms with Gasteiger partial charge in [0.2, 0.25) is 11.8 Å². The standard InChI is InChI=1S/C21H27FN4O4S/c1-16(21(28)23-2)25(14-17-10-12-18(22)13-11-17)20(27)15-26(31(29,30)24(3)4)19-8-6-5-7-9-19/h5-13,16H,14-15H2,1-4H3,(H,23,28). The van der Waals surface area contributed by atoms with Crippen LogP contribution in [0, 0.1) is 5.82 Å². The van der Waals surface area contributed by atoms with E-state index in [4.69, 9.17) is 0 Å². The summed E-state index contributed by atoms with van der Waals surface area (Å²) in [6.07, 6.45) is 0. The SMILES string of the molecule is CNC(=O)C(C)N(Cc1ccc(F)cc1)C(=O)CN(c1ccccc1)S(=O)(=O)N(C)C. The zero-order valence-electron chi connectivity index (χ0n) is 17.9. The van der Waals surface area contributed by atoms with E-state index in [1.165, 1.54) is 50.3 Å². The molecule has 0 saturated carbocycles. The summed E-state index contributed by atoms with van der Waals surface area (Å²) in [6, 6.07) is 12.9. The fraction of sp³-hybridized carbons (Fsp3) is 0.333. The summed E-state index contributed by atoms with van der Waals surface area (Å²) in [7, 11) is 0.217. The van der Waals surface area contributed by atoms with Gasteiger partial charge in [-0.25, -0.2) is 8.70 Å². The number of rotatable bonds is 9. The zero-order valence-corrected chi connectivity index (χ0v) is 18.8. The third-order valence-electron chi connectivity index (χ3n) is 4.74. The molecule has 2 aromatic carbocycles. The van der Waals surface area contributed by atoms with E-state index in [2.05, 4.69) is 5.32 Å². The smallest absolute Gasteiger partial charge is 0.304 e. The van der Waals surface area contributed by atoms with E-state index in [1.807, 2.05) is 0 Å². The highest BCUT2D eigenvalue weighted by Crippen LogP contribution is 2.20. The van der Waals surface area contributed by atoms with Crippen molar-refractivity contribution in [2.45, 2.75) is 19.5 Å². The molecule has 8 nitrogen and oxygen atoms in total. The van der Waals surface area contributed by atoms with Gasteiger partial charge in [0.05, 0.1) is 5.69 Å². The number of nitrogens with one attached hydrogen (secondary N) is 1. The lowest BCUT2D eigenvalue weighted by molar-refractivity contribution is -0.139. The van der Waals surface area contributed by atoms with Crippen molar-refractivity contribution in [2.24, 2.45) is 0 Å². The highest BCUT2D eigenvalue weighted by molar-refractivity contribution is 7.90. The van der Waals surface area contributed by atoms with Crippen LogP contribution in [0.3, 0.4) is 0 Å². The van der Waals surface area contributed by atoms with Crippen LogP contribution >= 0.6 is 0 Å². The van der Waals surface area contributed by atoms with Crippen molar-refractivity contribution < 1.29 is 22.4 Å². The van der Waals surface area contributed by atoms with Gasteiger partial charge in [0.15, 0.2) is 0 Å². The number of carbonyl (C=O) groups excluding carboxylic acids is 2. The lowest BCUT2D eigenvalue weighted by Crippen LogP contribution is -2.52. The Morgan fingerprint density at radius 3 is 2.13 bits per heavy atom. The summed E-state index contributed by atoms with van der Waals surface area (Å²) in [4.78, 5) is 26.8. The summed E-state index contributed by atoms with van der Waals surface area (Å²) in [5, 5.41) is 2.50. The Hall–Kier alpha value is -2.98. The van der Waals surface area contributed by atoms with E-state index in [9.17, 15) is 22.4 Å². The van der Waals surface area contributed by atoms with E-state index in [1.54, 1.807) is 37.3 Å². The number of carbonyl (C=O) groups is 2. The number of para-hydroxylation sites is 1. The molecule has 0 spiro atoms. The molecular formula is C21H27FN4O4S. The Morgan fingerprint density at radius 1 is 1.03 bits per heavy atom. The number of anilines is 1. The van der Waals surface area contributed by atoms with Gasteiger partial charge in [-0.3, -0.25) is 9.59 Å². The minimum atomic E-state index is -3.98. The lowest BCUT2D eigenvalue weighted by Gasteiger charge is -2.32. The third-order valence-corrected chi connectivity index (χ3v) is 6.56. The number of benzene rings is 2. The van der Waals surface area contributed by atoms with Gasteiger partial charge in [0, 0.05) is 27.7 Å². The average molecular weight is 451 g/mol. The molecule has 1 atom stereocenters. The molecule has 1 unspecified atom stereocenters. The van der Waals surface area contributed by atoms with Crippen molar-refractivity contribution in [3.8, 4) is 0 Å². The molecule has 0 aliphatic heterocycles. The molecule has 0 saturated heterocycles. The lowest BCUT2D eigenvalue weighted by atomic mass is 10.1. The van der Waals surface area contributed by atoms with Gasteiger partial charge in [-0.15, -0.1) is 0 Å². The number of likely N-dealkylation sites (N-methyl/N-ethyl adjacent to an activating group) is 1. The summed E-state index contributed by atoms with van der Waals surface area (Å²) >= 11 is 0. The Balaban J connectivity index is 2.40. The molecule has 0 aliphatic rings. The van der Waals surface area contributed by atoms with Gasteiger partial charge in [-0.05, 0) is 36.8 Å². The molecule has 0 fully saturated rings. The second-order valence-electron chi connectivity index (χ2n) is 7.07. The normalized spacial score (nSPS) is 12.3. The maximum absolute atomic E-state index is 13.3. The van der Waals surface area contributed by atoms with Crippen LogP contribution in [-0.2, 0) is 26.3 Å². The molecule has 168 valence electrons. The average Bonchev–Trinajstić information content (AvgIpc) is 2.76. The Morgan fingerprint density at radius 2 is 1.61 bits per heavy atom. The van der Waals surface area contributed by atoms with E-state index >= 15 is 0 Å². The van der Waals surface area contributed by atoms with Gasteiger partial charge in [0.1, 0.15) is 18.4 Å². The van der Waals surface area contributed by atoms with E-state index < -0.39 is 40.4 Å². The zero-order chi connectivity index (χ0) is 23.2. The second kappa shape index (κ2) is 10.4. The van der Waals surface area contributed by atoms with Crippen molar-refractivity contribution in [3.05, 3.63) is 66.0 Å². The highest BCUT2D eigenvalue weighted by atomic mass is 32.2. The van der Waals surface area contributed by atoms with Crippen LogP contribution in [0.15, 0.2) is 54.6 Å². The number of halogens is 1. The molecule has 2 amide bonds. The monoisotopic (exact) mass is 450 g/mol. The topological polar surface area (TPSA) is 90.0 Å². The third kappa shape index (κ3) is 6.02. The van der Waals surface area contributed by atoms with Gasteiger partial charge in [0.25, 0.3) is 0 Å². The number of hydrogen-bond donors (Lipinski definition) is 1. The number of nitrogens with zero attached hydrogens (tertiary/aromatic N) is 3. The first-order valence-corrected chi connectivity index (χ1v) is 11.0. The summed E-state index contributed by atoms with van der Waals surface area (Å²) < 4.78 is 41.1. The highest BCUT2D eigenvalue weighted by Gasteiger charge is 2.32. The Labute approximate surface area is 182 Å². The van der Waals surface area contributed by atoms with Crippen LogP contribution in [0.25, 0.3) is 0 Å². The summed E-state index contributed by atoms with van der Waals surface area (Å²) in [5.41, 5.74) is 0.922. The van der Waals surface area contributed by atoms with E-state index in [0.717, 1.165) is 8.61 Å². The van der Waals surface area contributed by atoms with Gasteiger partial charge < -0.3 is 10.2 Å². The van der Waals surface area contributed by atoms with Crippen molar-refractivity contribution >= 4 is 27.7 Å². The van der Waals surface area contributed by atoms with Gasteiger partial charge >= 0.3 is 10.2 Å². The van der Waals surface area contributed by atoms with Crippen LogP contribution in [0.2, 0.25) is 0 Å². The van der Waals surface area contributed by atoms with Gasteiger partial charge in [-0.2, -0.15) is 12.7 Å². The molecule has 2 rings (SSSR count). The van der Waals surface area contributed by atoms with Gasteiger partial charge in [-0.1, -0.05) is 30.3 Å². The van der Waals surface area contributed by atoms with E-state index in [-0.39, 0.29) is 6.54 Å². The summed E-state index contributed by atoms with van der Waals surface area (Å²) in [5.74, 6) is -1.40. The molecule has 0 bridgehead atoms. The molecule has 31 heavy (non-hydrogen) atoms. The van der Waals surface area contributed by atoms with Crippen LogP contribution in [0.4, 0.5) is 10.1 Å². The predicted octanol–water partition coefficient (Wildman–Crippen LogP) is 1.60. The van der Waals surface area contributed by atoms with E-state index in [0.29, 0.717) is 11.3 Å². The van der Waals surface area contributed by atoms with Crippen LogP contribution < -0.4 is 9.62 Å². The molecule has 2 aromatic rings. The minimum absolute atomic E-state index is 0.0122. The molecular weight excluding hydrogens is 423 g/mol. The Kier molecular flexibility index (Phi) is 8.12. The van der Waals surface area contributed by atoms with Crippen molar-refractivity contribution in [3.63, 3.8) is 0 Å². The molecule has 0 heterocycles. The largest absolute Gasteiger partial charge is 0.357 e. The molecule has 1 N–H and O–H groups in total. The van der Waals surface area contributed by atoms with Crippen molar-refractivity contribution in [2.75, 3.05) is 32.0 Å².